The summed E-state index contributed by atoms with van der Waals surface area (Å²) in [7, 11) is 0. The van der Waals surface area contributed by atoms with E-state index in [1.165, 1.54) is 0 Å². The first-order chi connectivity index (χ1) is 5.21. The van der Waals surface area contributed by atoms with Crippen LogP contribution in [0.4, 0.5) is 0 Å². The summed E-state index contributed by atoms with van der Waals surface area (Å²) in [5, 5.41) is 8.48. The van der Waals surface area contributed by atoms with Gasteiger partial charge in [-0.1, -0.05) is 12.8 Å². The fraction of sp³-hybridized carbons (Fsp3) is 0.750. The van der Waals surface area contributed by atoms with E-state index in [-0.39, 0.29) is 5.91 Å². The van der Waals surface area contributed by atoms with Gasteiger partial charge in [0, 0.05) is 6.42 Å². The minimum atomic E-state index is -0.477. The lowest BCUT2D eigenvalue weighted by Gasteiger charge is -2.20. The highest BCUT2D eigenvalue weighted by molar-refractivity contribution is 5.81. The molecule has 1 amide bonds. The molecule has 0 heterocycles. The van der Waals surface area contributed by atoms with Crippen LogP contribution in [0.2, 0.25) is 0 Å². The van der Waals surface area contributed by atoms with Crippen molar-refractivity contribution in [3.05, 3.63) is 0 Å². The van der Waals surface area contributed by atoms with Crippen molar-refractivity contribution in [2.24, 2.45) is 11.1 Å². The van der Waals surface area contributed by atoms with Gasteiger partial charge in [-0.3, -0.25) is 4.79 Å². The second-order valence-electron chi connectivity index (χ2n) is 3.19. The summed E-state index contributed by atoms with van der Waals surface area (Å²) in [5.41, 5.74) is 4.75. The molecule has 0 radical (unpaired) electrons. The number of carbonyl (C=O) groups excluding carboxylic acids is 1. The van der Waals surface area contributed by atoms with Crippen LogP contribution in [0.15, 0.2) is 0 Å². The maximum Gasteiger partial charge on any atom is 0.224 e. The highest BCUT2D eigenvalue weighted by atomic mass is 16.1. The first-order valence-electron chi connectivity index (χ1n) is 3.88. The van der Waals surface area contributed by atoms with Gasteiger partial charge in [0.1, 0.15) is 0 Å². The van der Waals surface area contributed by atoms with Gasteiger partial charge in [0.2, 0.25) is 5.91 Å². The number of carbonyl (C=O) groups is 1. The van der Waals surface area contributed by atoms with Crippen LogP contribution < -0.4 is 5.73 Å². The molecule has 0 atom stereocenters. The van der Waals surface area contributed by atoms with Gasteiger partial charge in [-0.2, -0.15) is 5.26 Å². The number of nitriles is 1. The third-order valence-corrected chi connectivity index (χ3v) is 2.50. The average Bonchev–Trinajstić information content (AvgIpc) is 2.38. The van der Waals surface area contributed by atoms with E-state index in [1.54, 1.807) is 0 Å². The molecule has 0 saturated heterocycles. The minimum absolute atomic E-state index is 0.294. The van der Waals surface area contributed by atoms with Crippen LogP contribution in [0.25, 0.3) is 0 Å². The lowest BCUT2D eigenvalue weighted by molar-refractivity contribution is -0.127. The highest BCUT2D eigenvalue weighted by Gasteiger charge is 2.39. The molecule has 0 aliphatic heterocycles. The Hall–Kier alpha value is -1.04. The number of nitrogens with zero attached hydrogens (tertiary/aromatic N) is 1. The van der Waals surface area contributed by atoms with Crippen molar-refractivity contribution in [2.75, 3.05) is 0 Å². The number of amides is 1. The molecule has 60 valence electrons. The van der Waals surface area contributed by atoms with Crippen LogP contribution in [0, 0.1) is 16.7 Å². The molecular formula is C8H12N2O. The van der Waals surface area contributed by atoms with E-state index in [9.17, 15) is 4.79 Å². The van der Waals surface area contributed by atoms with Crippen molar-refractivity contribution in [3.63, 3.8) is 0 Å². The summed E-state index contributed by atoms with van der Waals surface area (Å²) in [6, 6.07) is 2.03. The van der Waals surface area contributed by atoms with E-state index in [1.807, 2.05) is 6.07 Å². The fourth-order valence-corrected chi connectivity index (χ4v) is 1.71. The number of hydrogen-bond acceptors (Lipinski definition) is 2. The van der Waals surface area contributed by atoms with E-state index in [4.69, 9.17) is 11.0 Å². The van der Waals surface area contributed by atoms with E-state index in [0.717, 1.165) is 25.7 Å². The Balaban J connectivity index is 2.72. The van der Waals surface area contributed by atoms with Crippen molar-refractivity contribution in [1.82, 2.24) is 0 Å². The Morgan fingerprint density at radius 3 is 2.45 bits per heavy atom. The van der Waals surface area contributed by atoms with Crippen molar-refractivity contribution in [1.29, 1.82) is 5.26 Å². The highest BCUT2D eigenvalue weighted by Crippen LogP contribution is 2.40. The zero-order valence-corrected chi connectivity index (χ0v) is 6.47. The SMILES string of the molecule is N#CCC1(C(N)=O)CCCC1. The summed E-state index contributed by atoms with van der Waals surface area (Å²) in [4.78, 5) is 11.0. The molecule has 1 saturated carbocycles. The molecule has 3 nitrogen and oxygen atoms in total. The molecule has 1 aliphatic carbocycles. The van der Waals surface area contributed by atoms with E-state index in [2.05, 4.69) is 0 Å². The van der Waals surface area contributed by atoms with Gasteiger partial charge >= 0.3 is 0 Å². The molecule has 0 aromatic heterocycles. The predicted octanol–water partition coefficient (Wildman–Crippen LogP) is 0.946. The van der Waals surface area contributed by atoms with Gasteiger partial charge in [0.25, 0.3) is 0 Å². The Morgan fingerprint density at radius 1 is 1.55 bits per heavy atom. The zero-order chi connectivity index (χ0) is 8.32. The first kappa shape index (κ1) is 8.06. The lowest BCUT2D eigenvalue weighted by Crippen LogP contribution is -2.34. The van der Waals surface area contributed by atoms with Crippen molar-refractivity contribution >= 4 is 5.91 Å². The molecule has 1 rings (SSSR count). The largest absolute Gasteiger partial charge is 0.369 e. The van der Waals surface area contributed by atoms with Gasteiger partial charge < -0.3 is 5.73 Å². The van der Waals surface area contributed by atoms with E-state index in [0.29, 0.717) is 6.42 Å². The fourth-order valence-electron chi connectivity index (χ4n) is 1.71. The number of hydrogen-bond donors (Lipinski definition) is 1. The average molecular weight is 152 g/mol. The number of rotatable bonds is 2. The van der Waals surface area contributed by atoms with Crippen LogP contribution in [0.1, 0.15) is 32.1 Å². The van der Waals surface area contributed by atoms with Gasteiger partial charge in [0.05, 0.1) is 11.5 Å². The second kappa shape index (κ2) is 2.91. The Kier molecular flexibility index (Phi) is 2.13. The molecule has 11 heavy (non-hydrogen) atoms. The molecule has 0 aromatic carbocycles. The number of primary amides is 1. The maximum atomic E-state index is 11.0. The maximum absolute atomic E-state index is 11.0. The summed E-state index contributed by atoms with van der Waals surface area (Å²) in [5.74, 6) is -0.295. The lowest BCUT2D eigenvalue weighted by atomic mass is 9.83. The van der Waals surface area contributed by atoms with Crippen LogP contribution in [0.3, 0.4) is 0 Å². The molecule has 0 aromatic rings. The van der Waals surface area contributed by atoms with Crippen LogP contribution >= 0.6 is 0 Å². The van der Waals surface area contributed by atoms with Crippen molar-refractivity contribution in [2.45, 2.75) is 32.1 Å². The predicted molar refractivity (Wildman–Crippen MR) is 40.3 cm³/mol. The molecule has 0 bridgehead atoms. The smallest absolute Gasteiger partial charge is 0.224 e. The quantitative estimate of drug-likeness (QED) is 0.640. The van der Waals surface area contributed by atoms with Gasteiger partial charge in [-0.05, 0) is 12.8 Å². The van der Waals surface area contributed by atoms with Crippen LogP contribution in [-0.4, -0.2) is 5.91 Å². The third-order valence-electron chi connectivity index (χ3n) is 2.50. The first-order valence-corrected chi connectivity index (χ1v) is 3.88. The molecule has 1 fully saturated rings. The Bertz CT molecular complexity index is 199. The summed E-state index contributed by atoms with van der Waals surface area (Å²) in [6.07, 6.45) is 3.96. The van der Waals surface area contributed by atoms with Crippen molar-refractivity contribution < 1.29 is 4.79 Å². The summed E-state index contributed by atoms with van der Waals surface area (Å²) >= 11 is 0. The third kappa shape index (κ3) is 1.35. The number of nitrogens with two attached hydrogens (primary N) is 1. The van der Waals surface area contributed by atoms with E-state index < -0.39 is 5.41 Å². The van der Waals surface area contributed by atoms with E-state index >= 15 is 0 Å². The molecule has 1 aliphatic rings. The van der Waals surface area contributed by atoms with Crippen molar-refractivity contribution in [3.8, 4) is 6.07 Å². The van der Waals surface area contributed by atoms with Crippen LogP contribution in [-0.2, 0) is 4.79 Å². The van der Waals surface area contributed by atoms with Gasteiger partial charge in [-0.25, -0.2) is 0 Å². The molecule has 0 unspecified atom stereocenters. The summed E-state index contributed by atoms with van der Waals surface area (Å²) in [6.45, 7) is 0. The van der Waals surface area contributed by atoms with Gasteiger partial charge in [0.15, 0.2) is 0 Å². The Morgan fingerprint density at radius 2 is 2.09 bits per heavy atom. The topological polar surface area (TPSA) is 66.9 Å². The normalized spacial score (nSPS) is 21.0. The Labute approximate surface area is 66.2 Å². The molecule has 0 spiro atoms. The summed E-state index contributed by atoms with van der Waals surface area (Å²) < 4.78 is 0. The standard InChI is InChI=1S/C8H12N2O/c9-6-5-8(7(10)11)3-1-2-4-8/h1-5H2,(H2,10,11). The molecule has 2 N–H and O–H groups in total. The molecule has 3 heteroatoms. The monoisotopic (exact) mass is 152 g/mol. The van der Waals surface area contributed by atoms with Crippen LogP contribution in [0.5, 0.6) is 0 Å². The molecular weight excluding hydrogens is 140 g/mol. The zero-order valence-electron chi connectivity index (χ0n) is 6.47. The minimum Gasteiger partial charge on any atom is -0.369 e. The second-order valence-corrected chi connectivity index (χ2v) is 3.19. The van der Waals surface area contributed by atoms with Gasteiger partial charge in [-0.15, -0.1) is 0 Å².